The largest absolute Gasteiger partial charge is 0.416 e. The van der Waals surface area contributed by atoms with Crippen LogP contribution < -0.4 is 11.2 Å². The summed E-state index contributed by atoms with van der Waals surface area (Å²) in [5.74, 6) is 0. The maximum atomic E-state index is 13.1. The predicted molar refractivity (Wildman–Crippen MR) is 95.1 cm³/mol. The van der Waals surface area contributed by atoms with Gasteiger partial charge in [0.15, 0.2) is 0 Å². The molecular weight excluding hydrogens is 359 g/mol. The van der Waals surface area contributed by atoms with Crippen LogP contribution in [0.25, 0.3) is 27.4 Å². The lowest BCUT2D eigenvalue weighted by Gasteiger charge is -2.14. The maximum Gasteiger partial charge on any atom is 0.416 e. The number of benzene rings is 2. The van der Waals surface area contributed by atoms with Crippen LogP contribution in [0.5, 0.6) is 0 Å². The van der Waals surface area contributed by atoms with Crippen molar-refractivity contribution in [2.45, 2.75) is 6.18 Å². The van der Waals surface area contributed by atoms with Crippen LogP contribution in [0.15, 0.2) is 64.4 Å². The fraction of sp³-hybridized carbons (Fsp3) is 0.105. The van der Waals surface area contributed by atoms with E-state index in [-0.39, 0.29) is 16.6 Å². The highest BCUT2D eigenvalue weighted by Crippen LogP contribution is 2.30. The normalized spacial score (nSPS) is 12.0. The van der Waals surface area contributed by atoms with E-state index in [1.165, 1.54) is 13.2 Å². The Hall–Kier alpha value is -3.42. The van der Waals surface area contributed by atoms with Crippen molar-refractivity contribution < 1.29 is 13.2 Å². The second-order valence-electron chi connectivity index (χ2n) is 6.09. The van der Waals surface area contributed by atoms with Crippen LogP contribution in [-0.2, 0) is 13.2 Å². The third-order valence-corrected chi connectivity index (χ3v) is 4.49. The SMILES string of the molecule is Cn1c(=O)n(-c2cncc3ccccc23)c(=O)c2cc(C(F)(F)F)ccc21. The zero-order chi connectivity index (χ0) is 19.3. The highest BCUT2D eigenvalue weighted by atomic mass is 19.4. The van der Waals surface area contributed by atoms with E-state index in [0.717, 1.165) is 27.3 Å². The monoisotopic (exact) mass is 371 g/mol. The first kappa shape index (κ1) is 17.0. The Kier molecular flexibility index (Phi) is 3.66. The number of hydrogen-bond acceptors (Lipinski definition) is 3. The summed E-state index contributed by atoms with van der Waals surface area (Å²) in [6, 6.07) is 9.76. The highest BCUT2D eigenvalue weighted by Gasteiger charge is 2.31. The summed E-state index contributed by atoms with van der Waals surface area (Å²) in [7, 11) is 1.41. The van der Waals surface area contributed by atoms with Gasteiger partial charge < -0.3 is 0 Å². The van der Waals surface area contributed by atoms with Gasteiger partial charge in [-0.3, -0.25) is 14.3 Å². The van der Waals surface area contributed by atoms with Crippen molar-refractivity contribution in [3.63, 3.8) is 0 Å². The molecule has 8 heteroatoms. The topological polar surface area (TPSA) is 56.9 Å². The van der Waals surface area contributed by atoms with Crippen LogP contribution >= 0.6 is 0 Å². The first-order valence-electron chi connectivity index (χ1n) is 7.95. The average molecular weight is 371 g/mol. The molecule has 0 unspecified atom stereocenters. The molecule has 0 spiro atoms. The Morgan fingerprint density at radius 3 is 2.44 bits per heavy atom. The van der Waals surface area contributed by atoms with Crippen LogP contribution in [0.4, 0.5) is 13.2 Å². The smallest absolute Gasteiger partial charge is 0.296 e. The van der Waals surface area contributed by atoms with Gasteiger partial charge in [0.1, 0.15) is 0 Å². The number of fused-ring (bicyclic) bond motifs is 2. The Morgan fingerprint density at radius 2 is 1.70 bits per heavy atom. The summed E-state index contributed by atoms with van der Waals surface area (Å²) in [6.07, 6.45) is -1.66. The molecule has 0 fully saturated rings. The Morgan fingerprint density at radius 1 is 0.963 bits per heavy atom. The third kappa shape index (κ3) is 2.61. The van der Waals surface area contributed by atoms with E-state index in [2.05, 4.69) is 4.98 Å². The molecule has 0 radical (unpaired) electrons. The molecule has 136 valence electrons. The van der Waals surface area contributed by atoms with E-state index in [1.807, 2.05) is 0 Å². The second kappa shape index (κ2) is 5.80. The van der Waals surface area contributed by atoms with Crippen molar-refractivity contribution >= 4 is 21.7 Å². The van der Waals surface area contributed by atoms with Crippen molar-refractivity contribution in [1.29, 1.82) is 0 Å². The number of aryl methyl sites for hydroxylation is 1. The molecule has 4 aromatic rings. The van der Waals surface area contributed by atoms with Gasteiger partial charge >= 0.3 is 11.9 Å². The molecule has 2 aromatic carbocycles. The zero-order valence-electron chi connectivity index (χ0n) is 14.0. The number of nitrogens with zero attached hydrogens (tertiary/aromatic N) is 3. The van der Waals surface area contributed by atoms with E-state index in [4.69, 9.17) is 0 Å². The molecule has 0 aliphatic rings. The van der Waals surface area contributed by atoms with Crippen LogP contribution in [0, 0.1) is 0 Å². The van der Waals surface area contributed by atoms with Crippen LogP contribution in [0.1, 0.15) is 5.56 Å². The summed E-state index contributed by atoms with van der Waals surface area (Å²) in [5.41, 5.74) is -2.09. The predicted octanol–water partition coefficient (Wildman–Crippen LogP) is 3.26. The van der Waals surface area contributed by atoms with E-state index >= 15 is 0 Å². The van der Waals surface area contributed by atoms with E-state index in [0.29, 0.717) is 10.8 Å². The van der Waals surface area contributed by atoms with Crippen LogP contribution in [0.3, 0.4) is 0 Å². The minimum atomic E-state index is -4.60. The summed E-state index contributed by atoms with van der Waals surface area (Å²) in [6.45, 7) is 0. The third-order valence-electron chi connectivity index (χ3n) is 4.49. The molecule has 2 heterocycles. The lowest BCUT2D eigenvalue weighted by molar-refractivity contribution is -0.137. The van der Waals surface area contributed by atoms with Crippen LogP contribution in [-0.4, -0.2) is 14.1 Å². The minimum absolute atomic E-state index is 0.127. The van der Waals surface area contributed by atoms with Gasteiger partial charge in [0.2, 0.25) is 0 Å². The summed E-state index contributed by atoms with van der Waals surface area (Å²) >= 11 is 0. The summed E-state index contributed by atoms with van der Waals surface area (Å²) in [5, 5.41) is 1.10. The molecule has 0 saturated heterocycles. The van der Waals surface area contributed by atoms with Gasteiger partial charge in [-0.15, -0.1) is 0 Å². The van der Waals surface area contributed by atoms with Gasteiger partial charge in [-0.1, -0.05) is 24.3 Å². The summed E-state index contributed by atoms with van der Waals surface area (Å²) < 4.78 is 41.2. The van der Waals surface area contributed by atoms with Crippen molar-refractivity contribution in [1.82, 2.24) is 14.1 Å². The fourth-order valence-corrected chi connectivity index (χ4v) is 3.13. The van der Waals surface area contributed by atoms with Crippen LogP contribution in [0.2, 0.25) is 0 Å². The molecule has 0 N–H and O–H groups in total. The van der Waals surface area contributed by atoms with Gasteiger partial charge in [0.25, 0.3) is 5.56 Å². The second-order valence-corrected chi connectivity index (χ2v) is 6.09. The highest BCUT2D eigenvalue weighted by molar-refractivity contribution is 5.89. The fourth-order valence-electron chi connectivity index (χ4n) is 3.13. The van der Waals surface area contributed by atoms with E-state index in [1.54, 1.807) is 30.5 Å². The lowest BCUT2D eigenvalue weighted by Crippen LogP contribution is -2.38. The molecule has 2 aromatic heterocycles. The molecule has 0 aliphatic heterocycles. The molecule has 0 saturated carbocycles. The van der Waals surface area contributed by atoms with Gasteiger partial charge in [-0.2, -0.15) is 13.2 Å². The average Bonchev–Trinajstić information content (AvgIpc) is 2.65. The number of aromatic nitrogens is 3. The van der Waals surface area contributed by atoms with Gasteiger partial charge in [0, 0.05) is 24.0 Å². The number of rotatable bonds is 1. The number of halogens is 3. The van der Waals surface area contributed by atoms with Crippen molar-refractivity contribution in [3.8, 4) is 5.69 Å². The standard InChI is InChI=1S/C19H12F3N3O2/c1-24-15-7-6-12(19(20,21)22)8-14(15)17(26)25(18(24)27)16-10-23-9-11-4-2-3-5-13(11)16/h2-10H,1H3. The Balaban J connectivity index is 2.15. The van der Waals surface area contributed by atoms with Gasteiger partial charge in [0.05, 0.1) is 28.4 Å². The van der Waals surface area contributed by atoms with Crippen molar-refractivity contribution in [2.24, 2.45) is 7.05 Å². The first-order chi connectivity index (χ1) is 12.8. The zero-order valence-corrected chi connectivity index (χ0v) is 14.0. The molecule has 4 rings (SSSR count). The minimum Gasteiger partial charge on any atom is -0.296 e. The molecule has 0 atom stereocenters. The molecule has 0 amide bonds. The van der Waals surface area contributed by atoms with E-state index in [9.17, 15) is 22.8 Å². The molecule has 0 aliphatic carbocycles. The van der Waals surface area contributed by atoms with Gasteiger partial charge in [-0.25, -0.2) is 9.36 Å². The van der Waals surface area contributed by atoms with Crippen molar-refractivity contribution in [2.75, 3.05) is 0 Å². The number of hydrogen-bond donors (Lipinski definition) is 0. The van der Waals surface area contributed by atoms with Crippen molar-refractivity contribution in [3.05, 3.63) is 81.3 Å². The number of alkyl halides is 3. The quantitative estimate of drug-likeness (QED) is 0.516. The number of pyridine rings is 1. The van der Waals surface area contributed by atoms with Gasteiger partial charge in [-0.05, 0) is 18.2 Å². The maximum absolute atomic E-state index is 13.1. The summed E-state index contributed by atoms with van der Waals surface area (Å²) in [4.78, 5) is 29.8. The molecule has 0 bridgehead atoms. The molecular formula is C19H12F3N3O2. The Labute approximate surface area is 149 Å². The Bertz CT molecular complexity index is 1310. The molecule has 27 heavy (non-hydrogen) atoms. The lowest BCUT2D eigenvalue weighted by atomic mass is 10.1. The molecule has 5 nitrogen and oxygen atoms in total. The first-order valence-corrected chi connectivity index (χ1v) is 7.95. The van der Waals surface area contributed by atoms with E-state index < -0.39 is 23.0 Å².